The zero-order valence-corrected chi connectivity index (χ0v) is 14.5. The van der Waals surface area contributed by atoms with Gasteiger partial charge in [-0.2, -0.15) is 0 Å². The fourth-order valence-electron chi connectivity index (χ4n) is 2.51. The number of anilines is 2. The standard InChI is InChI=1S/C18H15N5OS/c1-11-12(2)25-18-16(11)17(21-10-22-18)23-13-4-3-5-14(8-13)24-15-9-19-6-7-20-15/h3-10H,1-2H3,(H,21,22,23). The maximum Gasteiger partial charge on any atom is 0.237 e. The van der Waals surface area contributed by atoms with Gasteiger partial charge in [-0.1, -0.05) is 6.07 Å². The Balaban J connectivity index is 1.65. The molecule has 0 aliphatic heterocycles. The van der Waals surface area contributed by atoms with Crippen LogP contribution in [0.5, 0.6) is 11.6 Å². The highest BCUT2D eigenvalue weighted by Gasteiger charge is 2.12. The van der Waals surface area contributed by atoms with Gasteiger partial charge in [0.05, 0.1) is 11.6 Å². The van der Waals surface area contributed by atoms with E-state index >= 15 is 0 Å². The SMILES string of the molecule is Cc1sc2ncnc(Nc3cccc(Oc4cnccn4)c3)c2c1C. The Labute approximate surface area is 148 Å². The van der Waals surface area contributed by atoms with E-state index in [2.05, 4.69) is 39.1 Å². The maximum atomic E-state index is 5.73. The lowest BCUT2D eigenvalue weighted by molar-refractivity contribution is 0.460. The first-order valence-corrected chi connectivity index (χ1v) is 8.54. The number of aromatic nitrogens is 4. The molecule has 0 amide bonds. The molecule has 7 heteroatoms. The second kappa shape index (κ2) is 6.45. The van der Waals surface area contributed by atoms with Crippen LogP contribution in [0.3, 0.4) is 0 Å². The smallest absolute Gasteiger partial charge is 0.237 e. The summed E-state index contributed by atoms with van der Waals surface area (Å²) in [6.07, 6.45) is 6.36. The summed E-state index contributed by atoms with van der Waals surface area (Å²) in [6, 6.07) is 7.65. The molecule has 0 aliphatic carbocycles. The van der Waals surface area contributed by atoms with E-state index in [9.17, 15) is 0 Å². The molecular weight excluding hydrogens is 334 g/mol. The van der Waals surface area contributed by atoms with Crippen LogP contribution < -0.4 is 10.1 Å². The van der Waals surface area contributed by atoms with Gasteiger partial charge in [-0.3, -0.25) is 4.98 Å². The monoisotopic (exact) mass is 349 g/mol. The van der Waals surface area contributed by atoms with Crippen molar-refractivity contribution < 1.29 is 4.74 Å². The Morgan fingerprint density at radius 1 is 1.08 bits per heavy atom. The van der Waals surface area contributed by atoms with E-state index in [1.807, 2.05) is 24.3 Å². The number of aryl methyl sites for hydroxylation is 2. The first kappa shape index (κ1) is 15.5. The fourth-order valence-corrected chi connectivity index (χ4v) is 3.51. The number of rotatable bonds is 4. The van der Waals surface area contributed by atoms with E-state index < -0.39 is 0 Å². The van der Waals surface area contributed by atoms with Gasteiger partial charge in [0.1, 0.15) is 22.7 Å². The topological polar surface area (TPSA) is 72.8 Å². The second-order valence-corrected chi connectivity index (χ2v) is 6.69. The summed E-state index contributed by atoms with van der Waals surface area (Å²) in [7, 11) is 0. The van der Waals surface area contributed by atoms with Crippen molar-refractivity contribution in [2.24, 2.45) is 0 Å². The van der Waals surface area contributed by atoms with E-state index in [-0.39, 0.29) is 0 Å². The first-order valence-electron chi connectivity index (χ1n) is 7.72. The summed E-state index contributed by atoms with van der Waals surface area (Å²) < 4.78 is 5.73. The van der Waals surface area contributed by atoms with Gasteiger partial charge >= 0.3 is 0 Å². The fraction of sp³-hybridized carbons (Fsp3) is 0.111. The van der Waals surface area contributed by atoms with Crippen LogP contribution in [-0.2, 0) is 0 Å². The molecule has 25 heavy (non-hydrogen) atoms. The molecule has 0 radical (unpaired) electrons. The number of hydrogen-bond donors (Lipinski definition) is 1. The predicted molar refractivity (Wildman–Crippen MR) is 98.7 cm³/mol. The van der Waals surface area contributed by atoms with E-state index in [0.29, 0.717) is 11.6 Å². The van der Waals surface area contributed by atoms with Crippen LogP contribution in [0.1, 0.15) is 10.4 Å². The molecule has 3 heterocycles. The molecule has 0 bridgehead atoms. The van der Waals surface area contributed by atoms with Crippen LogP contribution in [0.25, 0.3) is 10.2 Å². The minimum Gasteiger partial charge on any atom is -0.437 e. The lowest BCUT2D eigenvalue weighted by atomic mass is 10.2. The zero-order valence-electron chi connectivity index (χ0n) is 13.7. The largest absolute Gasteiger partial charge is 0.437 e. The number of nitrogens with one attached hydrogen (secondary N) is 1. The van der Waals surface area contributed by atoms with Crippen molar-refractivity contribution in [3.63, 3.8) is 0 Å². The molecule has 1 aromatic carbocycles. The van der Waals surface area contributed by atoms with Crippen molar-refractivity contribution in [3.05, 3.63) is 59.6 Å². The molecule has 0 aliphatic rings. The molecule has 6 nitrogen and oxygen atoms in total. The highest BCUT2D eigenvalue weighted by molar-refractivity contribution is 7.18. The molecule has 4 aromatic rings. The Morgan fingerprint density at radius 2 is 2.00 bits per heavy atom. The third kappa shape index (κ3) is 3.14. The van der Waals surface area contributed by atoms with E-state index in [0.717, 1.165) is 21.7 Å². The zero-order chi connectivity index (χ0) is 17.2. The van der Waals surface area contributed by atoms with Crippen molar-refractivity contribution in [2.45, 2.75) is 13.8 Å². The molecule has 0 spiro atoms. The van der Waals surface area contributed by atoms with E-state index in [1.165, 1.54) is 10.4 Å². The highest BCUT2D eigenvalue weighted by Crippen LogP contribution is 2.34. The van der Waals surface area contributed by atoms with Gasteiger partial charge in [0.2, 0.25) is 5.88 Å². The number of nitrogens with zero attached hydrogens (tertiary/aromatic N) is 4. The number of ether oxygens (including phenoxy) is 1. The molecule has 0 atom stereocenters. The van der Waals surface area contributed by atoms with Crippen molar-refractivity contribution in [1.29, 1.82) is 0 Å². The molecule has 1 N–H and O–H groups in total. The molecule has 0 fully saturated rings. The Bertz CT molecular complexity index is 1030. The molecule has 0 saturated heterocycles. The third-order valence-electron chi connectivity index (χ3n) is 3.82. The average molecular weight is 349 g/mol. The van der Waals surface area contributed by atoms with E-state index in [4.69, 9.17) is 4.74 Å². The molecule has 3 aromatic heterocycles. The molecule has 4 rings (SSSR count). The number of fused-ring (bicyclic) bond motifs is 1. The number of hydrogen-bond acceptors (Lipinski definition) is 7. The summed E-state index contributed by atoms with van der Waals surface area (Å²) in [4.78, 5) is 19.1. The van der Waals surface area contributed by atoms with Crippen molar-refractivity contribution >= 4 is 33.1 Å². The predicted octanol–water partition coefficient (Wildman–Crippen LogP) is 4.63. The van der Waals surface area contributed by atoms with Gasteiger partial charge in [-0.15, -0.1) is 11.3 Å². The number of thiophene rings is 1. The van der Waals surface area contributed by atoms with E-state index in [1.54, 1.807) is 36.3 Å². The van der Waals surface area contributed by atoms with Gasteiger partial charge in [-0.05, 0) is 31.5 Å². The minimum absolute atomic E-state index is 0.452. The van der Waals surface area contributed by atoms with Gasteiger partial charge < -0.3 is 10.1 Å². The van der Waals surface area contributed by atoms with Crippen LogP contribution in [0.15, 0.2) is 49.2 Å². The molecular formula is C18H15N5OS. The van der Waals surface area contributed by atoms with Gasteiger partial charge in [-0.25, -0.2) is 15.0 Å². The Morgan fingerprint density at radius 3 is 2.84 bits per heavy atom. The van der Waals surface area contributed by atoms with Crippen LogP contribution in [0.2, 0.25) is 0 Å². The minimum atomic E-state index is 0.452. The third-order valence-corrected chi connectivity index (χ3v) is 4.94. The summed E-state index contributed by atoms with van der Waals surface area (Å²) in [6.45, 7) is 4.19. The first-order chi connectivity index (χ1) is 12.2. The number of benzene rings is 1. The summed E-state index contributed by atoms with van der Waals surface area (Å²) >= 11 is 1.68. The van der Waals surface area contributed by atoms with Crippen LogP contribution >= 0.6 is 11.3 Å². The van der Waals surface area contributed by atoms with Crippen molar-refractivity contribution in [1.82, 2.24) is 19.9 Å². The average Bonchev–Trinajstić information content (AvgIpc) is 2.91. The van der Waals surface area contributed by atoms with Crippen LogP contribution in [0, 0.1) is 13.8 Å². The molecule has 124 valence electrons. The summed E-state index contributed by atoms with van der Waals surface area (Å²) in [5.41, 5.74) is 2.08. The summed E-state index contributed by atoms with van der Waals surface area (Å²) in [5, 5.41) is 4.43. The van der Waals surface area contributed by atoms with Crippen molar-refractivity contribution in [3.8, 4) is 11.6 Å². The van der Waals surface area contributed by atoms with Gasteiger partial charge in [0.25, 0.3) is 0 Å². The Kier molecular flexibility index (Phi) is 3.99. The van der Waals surface area contributed by atoms with Gasteiger partial charge in [0, 0.05) is 29.0 Å². The quantitative estimate of drug-likeness (QED) is 0.579. The lowest BCUT2D eigenvalue weighted by Crippen LogP contribution is -1.96. The Hall–Kier alpha value is -3.06. The van der Waals surface area contributed by atoms with Crippen LogP contribution in [0.4, 0.5) is 11.5 Å². The van der Waals surface area contributed by atoms with Crippen molar-refractivity contribution in [2.75, 3.05) is 5.32 Å². The summed E-state index contributed by atoms with van der Waals surface area (Å²) in [5.74, 6) is 1.92. The second-order valence-electron chi connectivity index (χ2n) is 5.48. The highest BCUT2D eigenvalue weighted by atomic mass is 32.1. The maximum absolute atomic E-state index is 5.73. The lowest BCUT2D eigenvalue weighted by Gasteiger charge is -2.09. The normalized spacial score (nSPS) is 10.8. The van der Waals surface area contributed by atoms with Gasteiger partial charge in [0.15, 0.2) is 0 Å². The van der Waals surface area contributed by atoms with Crippen LogP contribution in [-0.4, -0.2) is 19.9 Å². The molecule has 0 saturated carbocycles. The molecule has 0 unspecified atom stereocenters.